The summed E-state index contributed by atoms with van der Waals surface area (Å²) in [5.74, 6) is -2.43. The predicted octanol–water partition coefficient (Wildman–Crippen LogP) is 3.33. The van der Waals surface area contributed by atoms with Crippen LogP contribution in [0.3, 0.4) is 0 Å². The van der Waals surface area contributed by atoms with Crippen molar-refractivity contribution in [2.75, 3.05) is 0 Å². The largest absolute Gasteiger partial charge is 0.480 e. The van der Waals surface area contributed by atoms with Crippen molar-refractivity contribution in [3.8, 4) is 5.69 Å². The summed E-state index contributed by atoms with van der Waals surface area (Å²) >= 11 is 11.9. The Morgan fingerprint density at radius 2 is 2.00 bits per heavy atom. The Kier molecular flexibility index (Phi) is 5.97. The number of aromatic nitrogens is 2. The molecule has 134 valence electrons. The maximum atomic E-state index is 12.4. The molecule has 1 aromatic heterocycles. The Bertz CT molecular complexity index is 811. The van der Waals surface area contributed by atoms with Crippen molar-refractivity contribution >= 4 is 35.1 Å². The van der Waals surface area contributed by atoms with Crippen LogP contribution in [0.4, 0.5) is 8.78 Å². The van der Waals surface area contributed by atoms with E-state index in [0.717, 1.165) is 0 Å². The van der Waals surface area contributed by atoms with E-state index in [4.69, 9.17) is 28.3 Å². The number of amides is 1. The van der Waals surface area contributed by atoms with Crippen LogP contribution in [0.5, 0.6) is 0 Å². The van der Waals surface area contributed by atoms with Gasteiger partial charge in [0.1, 0.15) is 6.04 Å². The van der Waals surface area contributed by atoms with Gasteiger partial charge in [0.05, 0.1) is 10.7 Å². The summed E-state index contributed by atoms with van der Waals surface area (Å²) in [6.45, 7) is 1.66. The average Bonchev–Trinajstić information content (AvgIpc) is 2.88. The lowest BCUT2D eigenvalue weighted by atomic mass is 10.2. The van der Waals surface area contributed by atoms with Gasteiger partial charge < -0.3 is 10.4 Å². The number of hydrogen-bond donors (Lipinski definition) is 2. The van der Waals surface area contributed by atoms with Crippen LogP contribution in [0.1, 0.15) is 22.6 Å². The third-order valence-corrected chi connectivity index (χ3v) is 3.81. The van der Waals surface area contributed by atoms with E-state index in [9.17, 15) is 18.4 Å². The van der Waals surface area contributed by atoms with Crippen LogP contribution < -0.4 is 5.32 Å². The molecule has 0 aliphatic carbocycles. The van der Waals surface area contributed by atoms with E-state index >= 15 is 0 Å². The lowest BCUT2D eigenvalue weighted by Crippen LogP contribution is -2.42. The number of nitrogens with zero attached hydrogens (tertiary/aromatic N) is 2. The first kappa shape index (κ1) is 19.1. The van der Waals surface area contributed by atoms with Crippen molar-refractivity contribution in [2.24, 2.45) is 0 Å². The van der Waals surface area contributed by atoms with Crippen LogP contribution in [0.2, 0.25) is 10.0 Å². The van der Waals surface area contributed by atoms with Crippen molar-refractivity contribution in [3.63, 3.8) is 0 Å². The third kappa shape index (κ3) is 4.67. The molecule has 25 heavy (non-hydrogen) atoms. The van der Waals surface area contributed by atoms with Gasteiger partial charge in [-0.1, -0.05) is 23.2 Å². The zero-order valence-electron chi connectivity index (χ0n) is 12.8. The summed E-state index contributed by atoms with van der Waals surface area (Å²) in [5, 5.41) is 15.7. The highest BCUT2D eigenvalue weighted by Gasteiger charge is 2.26. The minimum atomic E-state index is -2.87. The van der Waals surface area contributed by atoms with Gasteiger partial charge in [0, 0.05) is 17.1 Å². The van der Waals surface area contributed by atoms with Gasteiger partial charge in [0.2, 0.25) is 6.43 Å². The Morgan fingerprint density at radius 3 is 2.56 bits per heavy atom. The standard InChI is InChI=1S/C15H13Cl2F2N3O3/c1-7-4-10(14(23)20-11(15(24)25)6-13(18)19)21-22(7)12-3-2-8(16)5-9(12)17/h2-5,11,13H,6H2,1H3,(H,20,23)(H,24,25). The number of hydrogen-bond acceptors (Lipinski definition) is 3. The van der Waals surface area contributed by atoms with E-state index in [2.05, 4.69) is 5.10 Å². The van der Waals surface area contributed by atoms with Crippen molar-refractivity contribution < 1.29 is 23.5 Å². The number of aryl methyl sites for hydroxylation is 1. The Labute approximate surface area is 151 Å². The van der Waals surface area contributed by atoms with Gasteiger partial charge in [0.25, 0.3) is 5.91 Å². The minimum Gasteiger partial charge on any atom is -0.480 e. The molecule has 0 spiro atoms. The van der Waals surface area contributed by atoms with Gasteiger partial charge in [-0.15, -0.1) is 0 Å². The van der Waals surface area contributed by atoms with Gasteiger partial charge >= 0.3 is 5.97 Å². The van der Waals surface area contributed by atoms with E-state index in [-0.39, 0.29) is 5.69 Å². The summed E-state index contributed by atoms with van der Waals surface area (Å²) < 4.78 is 26.2. The first-order chi connectivity index (χ1) is 11.7. The van der Waals surface area contributed by atoms with E-state index in [0.29, 0.717) is 21.4 Å². The first-order valence-electron chi connectivity index (χ1n) is 7.03. The zero-order valence-corrected chi connectivity index (χ0v) is 14.4. The zero-order chi connectivity index (χ0) is 18.7. The SMILES string of the molecule is Cc1cc(C(=O)NC(CC(F)F)C(=O)O)nn1-c1ccc(Cl)cc1Cl. The summed E-state index contributed by atoms with van der Waals surface area (Å²) in [6.07, 6.45) is -3.86. The Balaban J connectivity index is 2.26. The Morgan fingerprint density at radius 1 is 1.32 bits per heavy atom. The van der Waals surface area contributed by atoms with Gasteiger partial charge in [-0.25, -0.2) is 18.3 Å². The summed E-state index contributed by atoms with van der Waals surface area (Å²) in [7, 11) is 0. The lowest BCUT2D eigenvalue weighted by molar-refractivity contribution is -0.140. The molecule has 1 atom stereocenters. The second kappa shape index (κ2) is 7.79. The van der Waals surface area contributed by atoms with Crippen molar-refractivity contribution in [2.45, 2.75) is 25.8 Å². The van der Waals surface area contributed by atoms with Crippen molar-refractivity contribution in [3.05, 3.63) is 45.7 Å². The average molecular weight is 392 g/mol. The maximum Gasteiger partial charge on any atom is 0.326 e. The molecule has 6 nitrogen and oxygen atoms in total. The molecule has 2 aromatic rings. The van der Waals surface area contributed by atoms with E-state index in [1.807, 2.05) is 5.32 Å². The fourth-order valence-corrected chi connectivity index (χ4v) is 2.60. The highest BCUT2D eigenvalue weighted by Crippen LogP contribution is 2.25. The molecule has 0 aliphatic heterocycles. The highest BCUT2D eigenvalue weighted by molar-refractivity contribution is 6.35. The number of nitrogens with one attached hydrogen (secondary N) is 1. The van der Waals surface area contributed by atoms with Gasteiger partial charge in [-0.2, -0.15) is 5.10 Å². The number of carbonyl (C=O) groups is 2. The van der Waals surface area contributed by atoms with Crippen LogP contribution in [0.25, 0.3) is 5.69 Å². The molecule has 0 saturated heterocycles. The second-order valence-electron chi connectivity index (χ2n) is 5.17. The number of carbonyl (C=O) groups excluding carboxylic acids is 1. The monoisotopic (exact) mass is 391 g/mol. The molecular formula is C15H13Cl2F2N3O3. The molecule has 1 unspecified atom stereocenters. The molecule has 0 saturated carbocycles. The van der Waals surface area contributed by atoms with Crippen LogP contribution >= 0.6 is 23.2 Å². The molecule has 1 aromatic carbocycles. The molecular weight excluding hydrogens is 379 g/mol. The number of carboxylic acids is 1. The lowest BCUT2D eigenvalue weighted by Gasteiger charge is -2.12. The summed E-state index contributed by atoms with van der Waals surface area (Å²) in [5.41, 5.74) is 0.879. The van der Waals surface area contributed by atoms with Gasteiger partial charge in [-0.05, 0) is 31.2 Å². The normalized spacial score (nSPS) is 12.2. The molecule has 10 heteroatoms. The van der Waals surface area contributed by atoms with Gasteiger partial charge in [0.15, 0.2) is 5.69 Å². The van der Waals surface area contributed by atoms with Crippen LogP contribution in [0, 0.1) is 6.92 Å². The number of halogens is 4. The summed E-state index contributed by atoms with van der Waals surface area (Å²) in [4.78, 5) is 23.1. The molecule has 1 heterocycles. The number of benzene rings is 1. The minimum absolute atomic E-state index is 0.121. The molecule has 2 N–H and O–H groups in total. The Hall–Kier alpha value is -2.19. The quantitative estimate of drug-likeness (QED) is 0.790. The van der Waals surface area contributed by atoms with E-state index < -0.39 is 30.8 Å². The van der Waals surface area contributed by atoms with Crippen LogP contribution in [0.15, 0.2) is 24.3 Å². The number of aliphatic carboxylic acids is 1. The van der Waals surface area contributed by atoms with Crippen molar-refractivity contribution in [1.29, 1.82) is 0 Å². The molecule has 0 radical (unpaired) electrons. The molecule has 0 aliphatic rings. The highest BCUT2D eigenvalue weighted by atomic mass is 35.5. The number of carboxylic acid groups (broad SMARTS) is 1. The first-order valence-corrected chi connectivity index (χ1v) is 7.78. The van der Waals surface area contributed by atoms with Gasteiger partial charge in [-0.3, -0.25) is 4.79 Å². The molecule has 2 rings (SSSR count). The summed E-state index contributed by atoms with van der Waals surface area (Å²) in [6, 6.07) is 4.37. The van der Waals surface area contributed by atoms with E-state index in [1.165, 1.54) is 16.8 Å². The van der Waals surface area contributed by atoms with E-state index in [1.54, 1.807) is 19.1 Å². The van der Waals surface area contributed by atoms with Crippen LogP contribution in [-0.2, 0) is 4.79 Å². The smallest absolute Gasteiger partial charge is 0.326 e. The van der Waals surface area contributed by atoms with Crippen LogP contribution in [-0.4, -0.2) is 39.2 Å². The maximum absolute atomic E-state index is 12.4. The fraction of sp³-hybridized carbons (Fsp3) is 0.267. The number of rotatable bonds is 6. The van der Waals surface area contributed by atoms with Crippen molar-refractivity contribution in [1.82, 2.24) is 15.1 Å². The second-order valence-corrected chi connectivity index (χ2v) is 6.01. The number of alkyl halides is 2. The predicted molar refractivity (Wildman–Crippen MR) is 87.8 cm³/mol. The third-order valence-electron chi connectivity index (χ3n) is 3.28. The fourth-order valence-electron chi connectivity index (χ4n) is 2.11. The molecule has 0 fully saturated rings. The molecule has 0 bridgehead atoms. The topological polar surface area (TPSA) is 84.2 Å². The molecule has 1 amide bonds.